The molecule has 3 rings (SSSR count). The molecule has 0 aliphatic rings. The van der Waals surface area contributed by atoms with Gasteiger partial charge in [0.1, 0.15) is 5.75 Å². The summed E-state index contributed by atoms with van der Waals surface area (Å²) < 4.78 is 10.6. The summed E-state index contributed by atoms with van der Waals surface area (Å²) in [6.07, 6.45) is 0. The molecule has 0 atom stereocenters. The zero-order valence-electron chi connectivity index (χ0n) is 15.0. The summed E-state index contributed by atoms with van der Waals surface area (Å²) in [7, 11) is 1.58. The SMILES string of the molecule is COc1ccc(-c2nnc(SCC(=O)Nc3cc([N+](=O)[O-])ccc3C)o2)cc1. The highest BCUT2D eigenvalue weighted by atomic mass is 32.2. The van der Waals surface area contributed by atoms with Crippen LogP contribution in [0.3, 0.4) is 0 Å². The fourth-order valence-corrected chi connectivity index (χ4v) is 2.85. The number of thioether (sulfide) groups is 1. The number of nitrogens with zero attached hydrogens (tertiary/aromatic N) is 3. The number of amides is 1. The number of methoxy groups -OCH3 is 1. The fraction of sp³-hybridized carbons (Fsp3) is 0.167. The van der Waals surface area contributed by atoms with Gasteiger partial charge in [-0.15, -0.1) is 10.2 Å². The van der Waals surface area contributed by atoms with Gasteiger partial charge in [-0.1, -0.05) is 17.8 Å². The van der Waals surface area contributed by atoms with Gasteiger partial charge in [-0.25, -0.2) is 0 Å². The normalized spacial score (nSPS) is 10.5. The van der Waals surface area contributed by atoms with E-state index in [4.69, 9.17) is 9.15 Å². The monoisotopic (exact) mass is 400 g/mol. The van der Waals surface area contributed by atoms with Crippen LogP contribution >= 0.6 is 11.8 Å². The molecular weight excluding hydrogens is 384 g/mol. The standard InChI is InChI=1S/C18H16N4O5S/c1-11-3-6-13(22(24)25)9-15(11)19-16(23)10-28-18-21-20-17(27-18)12-4-7-14(26-2)8-5-12/h3-9H,10H2,1-2H3,(H,19,23). The molecule has 1 N–H and O–H groups in total. The van der Waals surface area contributed by atoms with Gasteiger partial charge in [0.05, 0.1) is 23.5 Å². The molecule has 144 valence electrons. The van der Waals surface area contributed by atoms with Crippen molar-refractivity contribution in [2.75, 3.05) is 18.2 Å². The highest BCUT2D eigenvalue weighted by Crippen LogP contribution is 2.26. The number of ether oxygens (including phenoxy) is 1. The topological polar surface area (TPSA) is 120 Å². The summed E-state index contributed by atoms with van der Waals surface area (Å²) in [5, 5.41) is 21.7. The number of hydrogen-bond acceptors (Lipinski definition) is 8. The highest BCUT2D eigenvalue weighted by molar-refractivity contribution is 7.99. The molecule has 1 aromatic heterocycles. The molecule has 28 heavy (non-hydrogen) atoms. The third-order valence-electron chi connectivity index (χ3n) is 3.78. The Morgan fingerprint density at radius 3 is 2.68 bits per heavy atom. The van der Waals surface area contributed by atoms with Crippen LogP contribution < -0.4 is 10.1 Å². The van der Waals surface area contributed by atoms with Crippen LogP contribution in [0.5, 0.6) is 5.75 Å². The molecule has 0 saturated heterocycles. The summed E-state index contributed by atoms with van der Waals surface area (Å²) in [5.74, 6) is 0.732. The molecule has 0 fully saturated rings. The van der Waals surface area contributed by atoms with Gasteiger partial charge in [-0.3, -0.25) is 14.9 Å². The number of carbonyl (C=O) groups is 1. The van der Waals surface area contributed by atoms with Crippen molar-refractivity contribution in [3.63, 3.8) is 0 Å². The van der Waals surface area contributed by atoms with E-state index in [0.29, 0.717) is 17.3 Å². The predicted molar refractivity (Wildman–Crippen MR) is 103 cm³/mol. The van der Waals surface area contributed by atoms with Gasteiger partial charge in [0.25, 0.3) is 10.9 Å². The van der Waals surface area contributed by atoms with Crippen molar-refractivity contribution in [2.24, 2.45) is 0 Å². The van der Waals surface area contributed by atoms with Gasteiger partial charge in [0.2, 0.25) is 11.8 Å². The van der Waals surface area contributed by atoms with Crippen LogP contribution in [-0.2, 0) is 4.79 Å². The molecule has 0 unspecified atom stereocenters. The average molecular weight is 400 g/mol. The third kappa shape index (κ3) is 4.65. The van der Waals surface area contributed by atoms with Crippen LogP contribution in [0.2, 0.25) is 0 Å². The number of aryl methyl sites for hydroxylation is 1. The highest BCUT2D eigenvalue weighted by Gasteiger charge is 2.14. The minimum absolute atomic E-state index is 0.0202. The number of anilines is 1. The number of aromatic nitrogens is 2. The minimum atomic E-state index is -0.511. The molecule has 2 aromatic carbocycles. The number of nitrogens with one attached hydrogen (secondary N) is 1. The van der Waals surface area contributed by atoms with Gasteiger partial charge in [0.15, 0.2) is 0 Å². The Hall–Kier alpha value is -3.40. The van der Waals surface area contributed by atoms with E-state index >= 15 is 0 Å². The van der Waals surface area contributed by atoms with E-state index < -0.39 is 4.92 Å². The molecule has 0 aliphatic heterocycles. The summed E-state index contributed by atoms with van der Waals surface area (Å²) in [5.41, 5.74) is 1.76. The number of non-ortho nitro benzene ring substituents is 1. The molecule has 0 bridgehead atoms. The van der Waals surface area contributed by atoms with Crippen molar-refractivity contribution in [3.8, 4) is 17.2 Å². The van der Waals surface area contributed by atoms with E-state index in [1.807, 2.05) is 0 Å². The molecule has 0 aliphatic carbocycles. The summed E-state index contributed by atoms with van der Waals surface area (Å²) >= 11 is 1.08. The summed E-state index contributed by atoms with van der Waals surface area (Å²) in [6.45, 7) is 1.76. The maximum absolute atomic E-state index is 12.2. The number of nitro benzene ring substituents is 1. The second-order valence-corrected chi connectivity index (χ2v) is 6.62. The first kappa shape index (κ1) is 19.4. The number of carbonyl (C=O) groups excluding carboxylic acids is 1. The Labute approximate surface area is 164 Å². The van der Waals surface area contributed by atoms with Crippen LogP contribution in [0.25, 0.3) is 11.5 Å². The van der Waals surface area contributed by atoms with E-state index in [1.54, 1.807) is 44.4 Å². The molecule has 10 heteroatoms. The van der Waals surface area contributed by atoms with Crippen LogP contribution in [-0.4, -0.2) is 33.9 Å². The van der Waals surface area contributed by atoms with Crippen molar-refractivity contribution in [1.82, 2.24) is 10.2 Å². The third-order valence-corrected chi connectivity index (χ3v) is 4.59. The minimum Gasteiger partial charge on any atom is -0.497 e. The smallest absolute Gasteiger partial charge is 0.277 e. The lowest BCUT2D eigenvalue weighted by Crippen LogP contribution is -2.15. The van der Waals surface area contributed by atoms with Crippen molar-refractivity contribution < 1.29 is 18.9 Å². The molecular formula is C18H16N4O5S. The maximum Gasteiger partial charge on any atom is 0.277 e. The second kappa shape index (κ2) is 8.53. The number of nitro groups is 1. The Bertz CT molecular complexity index is 1000. The van der Waals surface area contributed by atoms with Gasteiger partial charge < -0.3 is 14.5 Å². The molecule has 0 saturated carbocycles. The number of benzene rings is 2. The maximum atomic E-state index is 12.2. The van der Waals surface area contributed by atoms with Crippen LogP contribution in [0.4, 0.5) is 11.4 Å². The Kier molecular flexibility index (Phi) is 5.90. The lowest BCUT2D eigenvalue weighted by molar-refractivity contribution is -0.384. The second-order valence-electron chi connectivity index (χ2n) is 5.69. The van der Waals surface area contributed by atoms with Crippen LogP contribution in [0.15, 0.2) is 52.1 Å². The average Bonchev–Trinajstić information content (AvgIpc) is 3.17. The van der Waals surface area contributed by atoms with E-state index in [2.05, 4.69) is 15.5 Å². The van der Waals surface area contributed by atoms with Crippen LogP contribution in [0, 0.1) is 17.0 Å². The van der Waals surface area contributed by atoms with E-state index in [1.165, 1.54) is 12.1 Å². The quantitative estimate of drug-likeness (QED) is 0.362. The Morgan fingerprint density at radius 1 is 1.25 bits per heavy atom. The number of rotatable bonds is 7. The van der Waals surface area contributed by atoms with E-state index in [-0.39, 0.29) is 22.6 Å². The van der Waals surface area contributed by atoms with Gasteiger partial charge in [0, 0.05) is 17.7 Å². The van der Waals surface area contributed by atoms with Crippen molar-refractivity contribution in [2.45, 2.75) is 12.1 Å². The zero-order valence-corrected chi connectivity index (χ0v) is 15.9. The molecule has 0 radical (unpaired) electrons. The van der Waals surface area contributed by atoms with Crippen molar-refractivity contribution in [3.05, 3.63) is 58.1 Å². The molecule has 9 nitrogen and oxygen atoms in total. The summed E-state index contributed by atoms with van der Waals surface area (Å²) in [6, 6.07) is 11.4. The summed E-state index contributed by atoms with van der Waals surface area (Å²) in [4.78, 5) is 22.5. The number of hydrogen-bond donors (Lipinski definition) is 1. The first-order chi connectivity index (χ1) is 13.5. The predicted octanol–water partition coefficient (Wildman–Crippen LogP) is 3.69. The molecule has 3 aromatic rings. The lowest BCUT2D eigenvalue weighted by atomic mass is 10.2. The van der Waals surface area contributed by atoms with Gasteiger partial charge in [-0.05, 0) is 36.8 Å². The fourth-order valence-electron chi connectivity index (χ4n) is 2.29. The van der Waals surface area contributed by atoms with Crippen molar-refractivity contribution in [1.29, 1.82) is 0 Å². The molecule has 1 heterocycles. The Balaban J connectivity index is 1.60. The molecule has 0 spiro atoms. The first-order valence-electron chi connectivity index (χ1n) is 8.12. The van der Waals surface area contributed by atoms with E-state index in [0.717, 1.165) is 22.9 Å². The van der Waals surface area contributed by atoms with Crippen LogP contribution in [0.1, 0.15) is 5.56 Å². The van der Waals surface area contributed by atoms with Gasteiger partial charge >= 0.3 is 0 Å². The molecule has 1 amide bonds. The Morgan fingerprint density at radius 2 is 2.00 bits per heavy atom. The zero-order chi connectivity index (χ0) is 20.1. The largest absolute Gasteiger partial charge is 0.497 e. The lowest BCUT2D eigenvalue weighted by Gasteiger charge is -2.07. The first-order valence-corrected chi connectivity index (χ1v) is 9.10. The van der Waals surface area contributed by atoms with E-state index in [9.17, 15) is 14.9 Å². The van der Waals surface area contributed by atoms with Gasteiger partial charge in [-0.2, -0.15) is 0 Å². The van der Waals surface area contributed by atoms with Crippen molar-refractivity contribution >= 4 is 29.0 Å².